The number of H-pyrrole nitrogens is 1. The monoisotopic (exact) mass is 155 g/mol. The highest BCUT2D eigenvalue weighted by atomic mass is 16.5. The molecule has 0 amide bonds. The van der Waals surface area contributed by atoms with Crippen LogP contribution in [-0.4, -0.2) is 40.3 Å². The summed E-state index contributed by atoms with van der Waals surface area (Å²) in [5, 5.41) is 16.7. The number of hydrogen-bond acceptors (Lipinski definition) is 5. The third kappa shape index (κ3) is 1.36. The number of nitrogens with zero attached hydrogens (tertiary/aromatic N) is 3. The van der Waals surface area contributed by atoms with Crippen LogP contribution in [0.15, 0.2) is 0 Å². The molecule has 60 valence electrons. The van der Waals surface area contributed by atoms with Gasteiger partial charge in [-0.25, -0.2) is 0 Å². The Hall–Kier alpha value is -1.01. The molecule has 0 radical (unpaired) electrons. The van der Waals surface area contributed by atoms with Crippen molar-refractivity contribution in [1.82, 2.24) is 25.9 Å². The first kappa shape index (κ1) is 6.68. The van der Waals surface area contributed by atoms with E-state index in [0.29, 0.717) is 12.4 Å². The van der Waals surface area contributed by atoms with Crippen molar-refractivity contribution in [3.63, 3.8) is 0 Å². The van der Waals surface area contributed by atoms with Gasteiger partial charge in [0, 0.05) is 13.1 Å². The van der Waals surface area contributed by atoms with Crippen LogP contribution < -0.4 is 5.32 Å². The van der Waals surface area contributed by atoms with Gasteiger partial charge < -0.3 is 10.1 Å². The summed E-state index contributed by atoms with van der Waals surface area (Å²) >= 11 is 0. The zero-order valence-electron chi connectivity index (χ0n) is 5.95. The Bertz CT molecular complexity index is 205. The first-order chi connectivity index (χ1) is 5.47. The lowest BCUT2D eigenvalue weighted by Gasteiger charge is -2.20. The number of tetrazole rings is 1. The summed E-state index contributed by atoms with van der Waals surface area (Å²) in [5.74, 6) is 0.622. The predicted octanol–water partition coefficient (Wildman–Crippen LogP) is -1.14. The van der Waals surface area contributed by atoms with Gasteiger partial charge in [-0.1, -0.05) is 5.21 Å². The van der Waals surface area contributed by atoms with Gasteiger partial charge in [0.1, 0.15) is 6.10 Å². The zero-order valence-corrected chi connectivity index (χ0v) is 5.95. The van der Waals surface area contributed by atoms with Gasteiger partial charge in [0.2, 0.25) is 5.82 Å². The molecule has 0 aliphatic carbocycles. The number of ether oxygens (including phenoxy) is 1. The molecule has 0 saturated carbocycles. The molecule has 0 spiro atoms. The highest BCUT2D eigenvalue weighted by Gasteiger charge is 2.18. The summed E-state index contributed by atoms with van der Waals surface area (Å²) in [6.07, 6.45) is -0.0394. The molecule has 1 fully saturated rings. The molecule has 11 heavy (non-hydrogen) atoms. The molecule has 1 aromatic rings. The second kappa shape index (κ2) is 2.93. The fourth-order valence-corrected chi connectivity index (χ4v) is 1.04. The number of morpholine rings is 1. The highest BCUT2D eigenvalue weighted by molar-refractivity contribution is 4.87. The summed E-state index contributed by atoms with van der Waals surface area (Å²) in [6, 6.07) is 0. The SMILES string of the molecule is C1COC(c2nn[nH]n2)CN1. The molecule has 0 aromatic carbocycles. The summed E-state index contributed by atoms with van der Waals surface area (Å²) in [6.45, 7) is 2.37. The van der Waals surface area contributed by atoms with Crippen molar-refractivity contribution in [3.05, 3.63) is 5.82 Å². The molecule has 1 aromatic heterocycles. The molecule has 2 rings (SSSR count). The summed E-state index contributed by atoms with van der Waals surface area (Å²) < 4.78 is 5.37. The second-order valence-corrected chi connectivity index (χ2v) is 2.33. The Morgan fingerprint density at radius 3 is 3.18 bits per heavy atom. The minimum atomic E-state index is -0.0394. The van der Waals surface area contributed by atoms with E-state index >= 15 is 0 Å². The van der Waals surface area contributed by atoms with Gasteiger partial charge in [-0.15, -0.1) is 10.2 Å². The van der Waals surface area contributed by atoms with Crippen molar-refractivity contribution in [2.75, 3.05) is 19.7 Å². The van der Waals surface area contributed by atoms with E-state index in [4.69, 9.17) is 4.74 Å². The van der Waals surface area contributed by atoms with Gasteiger partial charge in [-0.05, 0) is 0 Å². The van der Waals surface area contributed by atoms with Crippen molar-refractivity contribution in [2.45, 2.75) is 6.10 Å². The number of aromatic amines is 1. The van der Waals surface area contributed by atoms with Crippen LogP contribution in [0.3, 0.4) is 0 Å². The predicted molar refractivity (Wildman–Crippen MR) is 35.7 cm³/mol. The van der Waals surface area contributed by atoms with E-state index in [2.05, 4.69) is 25.9 Å². The molecule has 6 heteroatoms. The first-order valence-corrected chi connectivity index (χ1v) is 3.52. The third-order valence-corrected chi connectivity index (χ3v) is 1.58. The Labute approximate surface area is 63.3 Å². The summed E-state index contributed by atoms with van der Waals surface area (Å²) in [5.41, 5.74) is 0. The minimum Gasteiger partial charge on any atom is -0.367 e. The van der Waals surface area contributed by atoms with Crippen LogP contribution in [0.5, 0.6) is 0 Å². The van der Waals surface area contributed by atoms with Crippen molar-refractivity contribution in [3.8, 4) is 0 Å². The van der Waals surface area contributed by atoms with E-state index in [-0.39, 0.29) is 6.10 Å². The molecular formula is C5H9N5O. The third-order valence-electron chi connectivity index (χ3n) is 1.58. The van der Waals surface area contributed by atoms with Gasteiger partial charge in [-0.3, -0.25) is 0 Å². The van der Waals surface area contributed by atoms with Crippen LogP contribution in [0.1, 0.15) is 11.9 Å². The fourth-order valence-electron chi connectivity index (χ4n) is 1.04. The zero-order chi connectivity index (χ0) is 7.52. The highest BCUT2D eigenvalue weighted by Crippen LogP contribution is 2.11. The van der Waals surface area contributed by atoms with Crippen LogP contribution in [0, 0.1) is 0 Å². The van der Waals surface area contributed by atoms with E-state index in [1.165, 1.54) is 0 Å². The fraction of sp³-hybridized carbons (Fsp3) is 0.800. The van der Waals surface area contributed by atoms with E-state index in [1.807, 2.05) is 0 Å². The standard InChI is InChI=1S/C5H9N5O/c1-2-11-4(3-6-1)5-7-9-10-8-5/h4,6H,1-3H2,(H,7,8,9,10). The smallest absolute Gasteiger partial charge is 0.204 e. The number of nitrogens with one attached hydrogen (secondary N) is 2. The Morgan fingerprint density at radius 2 is 2.55 bits per heavy atom. The quantitative estimate of drug-likeness (QED) is 0.536. The molecule has 1 atom stereocenters. The van der Waals surface area contributed by atoms with Gasteiger partial charge in [-0.2, -0.15) is 5.21 Å². The maximum Gasteiger partial charge on any atom is 0.204 e. The van der Waals surface area contributed by atoms with E-state index in [9.17, 15) is 0 Å². The molecule has 1 aliphatic heterocycles. The van der Waals surface area contributed by atoms with Crippen molar-refractivity contribution >= 4 is 0 Å². The Morgan fingerprint density at radius 1 is 1.55 bits per heavy atom. The topological polar surface area (TPSA) is 75.7 Å². The number of rotatable bonds is 1. The lowest BCUT2D eigenvalue weighted by atomic mass is 10.3. The molecule has 1 unspecified atom stereocenters. The Kier molecular flexibility index (Phi) is 1.78. The Balaban J connectivity index is 2.04. The van der Waals surface area contributed by atoms with Gasteiger partial charge in [0.25, 0.3) is 0 Å². The van der Waals surface area contributed by atoms with Crippen molar-refractivity contribution in [2.24, 2.45) is 0 Å². The molecule has 2 N–H and O–H groups in total. The number of hydrogen-bond donors (Lipinski definition) is 2. The lowest BCUT2D eigenvalue weighted by Crippen LogP contribution is -2.33. The molecule has 6 nitrogen and oxygen atoms in total. The van der Waals surface area contributed by atoms with Crippen molar-refractivity contribution < 1.29 is 4.74 Å². The molecule has 2 heterocycles. The average molecular weight is 155 g/mol. The van der Waals surface area contributed by atoms with Gasteiger partial charge >= 0.3 is 0 Å². The van der Waals surface area contributed by atoms with Crippen molar-refractivity contribution in [1.29, 1.82) is 0 Å². The van der Waals surface area contributed by atoms with E-state index in [1.54, 1.807) is 0 Å². The second-order valence-electron chi connectivity index (χ2n) is 2.33. The van der Waals surface area contributed by atoms with Crippen LogP contribution in [0.4, 0.5) is 0 Å². The largest absolute Gasteiger partial charge is 0.367 e. The average Bonchev–Trinajstić information content (AvgIpc) is 2.58. The maximum absolute atomic E-state index is 5.37. The van der Waals surface area contributed by atoms with Gasteiger partial charge in [0.05, 0.1) is 6.61 Å². The van der Waals surface area contributed by atoms with E-state index in [0.717, 1.165) is 13.1 Å². The molecule has 1 aliphatic rings. The molecule has 0 bridgehead atoms. The van der Waals surface area contributed by atoms with Crippen LogP contribution in [0.2, 0.25) is 0 Å². The first-order valence-electron chi connectivity index (χ1n) is 3.52. The number of aromatic nitrogens is 4. The van der Waals surface area contributed by atoms with E-state index < -0.39 is 0 Å². The van der Waals surface area contributed by atoms with Crippen LogP contribution in [-0.2, 0) is 4.74 Å². The molecule has 1 saturated heterocycles. The maximum atomic E-state index is 5.37. The van der Waals surface area contributed by atoms with Gasteiger partial charge in [0.15, 0.2) is 0 Å². The summed E-state index contributed by atoms with van der Waals surface area (Å²) in [4.78, 5) is 0. The minimum absolute atomic E-state index is 0.0394. The van der Waals surface area contributed by atoms with Crippen LogP contribution >= 0.6 is 0 Å². The van der Waals surface area contributed by atoms with Crippen LogP contribution in [0.25, 0.3) is 0 Å². The lowest BCUT2D eigenvalue weighted by molar-refractivity contribution is 0.0221. The summed E-state index contributed by atoms with van der Waals surface area (Å²) in [7, 11) is 0. The molecular weight excluding hydrogens is 146 g/mol. The normalized spacial score (nSPS) is 25.3.